The molecule has 0 saturated heterocycles. The largest absolute Gasteiger partial charge is 0.496 e. The van der Waals surface area contributed by atoms with Crippen LogP contribution in [-0.2, 0) is 16.2 Å². The van der Waals surface area contributed by atoms with E-state index in [0.29, 0.717) is 19.1 Å². The molecule has 0 radical (unpaired) electrons. The molecular formula is C20H26BrF7N2O3S. The molecule has 1 aliphatic rings. The molecule has 0 unspecified atom stereocenters. The lowest BCUT2D eigenvalue weighted by Crippen LogP contribution is -2.47. The summed E-state index contributed by atoms with van der Waals surface area (Å²) in [5.74, 6) is -6.58. The van der Waals surface area contributed by atoms with E-state index < -0.39 is 61.2 Å². The van der Waals surface area contributed by atoms with Gasteiger partial charge in [0.25, 0.3) is 0 Å². The second kappa shape index (κ2) is 10.9. The number of ether oxygens (including phenoxy) is 1. The van der Waals surface area contributed by atoms with Gasteiger partial charge < -0.3 is 10.1 Å². The van der Waals surface area contributed by atoms with E-state index in [1.54, 1.807) is 0 Å². The lowest BCUT2D eigenvalue weighted by molar-refractivity contribution is -0.138. The minimum absolute atomic E-state index is 0.124. The summed E-state index contributed by atoms with van der Waals surface area (Å²) >= 11 is 2.83. The van der Waals surface area contributed by atoms with Crippen LogP contribution in [0, 0.1) is 0 Å². The molecule has 1 aromatic carbocycles. The minimum atomic E-state index is -4.81. The van der Waals surface area contributed by atoms with Crippen molar-refractivity contribution in [2.24, 2.45) is 0 Å². The Kier molecular flexibility index (Phi) is 9.31. The van der Waals surface area contributed by atoms with Crippen molar-refractivity contribution in [3.8, 4) is 5.75 Å². The number of rotatable bonds is 10. The third-order valence-electron chi connectivity index (χ3n) is 5.47. The Morgan fingerprint density at radius 1 is 1.18 bits per heavy atom. The van der Waals surface area contributed by atoms with Gasteiger partial charge in [0.15, 0.2) is 0 Å². The third kappa shape index (κ3) is 8.52. The summed E-state index contributed by atoms with van der Waals surface area (Å²) in [7, 11) is -3.52. The first-order valence-electron chi connectivity index (χ1n) is 10.4. The minimum Gasteiger partial charge on any atom is -0.496 e. The standard InChI is InChI=1S/C20H26BrF7N2O3S/c1-18(22,23)6-3-13(11-29-12-4-7-19(24,25)8-5-12)30-34(31,32)17-10-16(33-2)14(9-15(17)21)20(26,27)28/h9-10,12-13,29-30H,3-8,11H2,1-2H3/t13-/m1/s1. The second-order valence-corrected chi connectivity index (χ2v) is 11.0. The molecule has 1 atom stereocenters. The molecule has 1 aromatic rings. The van der Waals surface area contributed by atoms with Crippen LogP contribution in [0.1, 0.15) is 51.0 Å². The first-order valence-corrected chi connectivity index (χ1v) is 12.7. The lowest BCUT2D eigenvalue weighted by Gasteiger charge is -2.30. The maximum atomic E-state index is 13.4. The Hall–Kier alpha value is -1.12. The van der Waals surface area contributed by atoms with Crippen LogP contribution < -0.4 is 14.8 Å². The fourth-order valence-electron chi connectivity index (χ4n) is 3.60. The van der Waals surface area contributed by atoms with Crippen LogP contribution in [-0.4, -0.2) is 46.0 Å². The summed E-state index contributed by atoms with van der Waals surface area (Å²) in [4.78, 5) is -0.567. The summed E-state index contributed by atoms with van der Waals surface area (Å²) in [5, 5.41) is 2.95. The summed E-state index contributed by atoms with van der Waals surface area (Å²) in [6, 6.07) is -0.162. The quantitative estimate of drug-likeness (QED) is 0.344. The number of benzene rings is 1. The van der Waals surface area contributed by atoms with Gasteiger partial charge in [-0.05, 0) is 48.2 Å². The van der Waals surface area contributed by atoms with Crippen LogP contribution >= 0.6 is 15.9 Å². The smallest absolute Gasteiger partial charge is 0.420 e. The highest BCUT2D eigenvalue weighted by molar-refractivity contribution is 9.10. The van der Waals surface area contributed by atoms with Crippen molar-refractivity contribution in [2.45, 2.75) is 80.4 Å². The number of nitrogens with one attached hydrogen (secondary N) is 2. The van der Waals surface area contributed by atoms with Crippen molar-refractivity contribution in [3.05, 3.63) is 22.2 Å². The zero-order valence-corrected chi connectivity index (χ0v) is 20.8. The van der Waals surface area contributed by atoms with Gasteiger partial charge in [-0.25, -0.2) is 30.7 Å². The second-order valence-electron chi connectivity index (χ2n) is 8.45. The average molecular weight is 587 g/mol. The van der Waals surface area contributed by atoms with Gasteiger partial charge in [-0.2, -0.15) is 13.2 Å². The predicted octanol–water partition coefficient (Wildman–Crippen LogP) is 5.73. The molecule has 0 aromatic heterocycles. The molecule has 0 aliphatic heterocycles. The molecule has 5 nitrogen and oxygen atoms in total. The average Bonchev–Trinajstić information content (AvgIpc) is 2.69. The molecule has 2 N–H and O–H groups in total. The van der Waals surface area contributed by atoms with Gasteiger partial charge in [0.1, 0.15) is 5.75 Å². The first-order chi connectivity index (χ1) is 15.4. The lowest BCUT2D eigenvalue weighted by atomic mass is 9.92. The van der Waals surface area contributed by atoms with Crippen molar-refractivity contribution in [2.75, 3.05) is 13.7 Å². The van der Waals surface area contributed by atoms with E-state index in [9.17, 15) is 39.2 Å². The molecule has 0 spiro atoms. The first kappa shape index (κ1) is 29.1. The van der Waals surface area contributed by atoms with Gasteiger partial charge in [0.2, 0.25) is 21.9 Å². The summed E-state index contributed by atoms with van der Waals surface area (Å²) < 4.78 is 126. The van der Waals surface area contributed by atoms with Crippen molar-refractivity contribution in [1.82, 2.24) is 10.0 Å². The molecule has 1 fully saturated rings. The van der Waals surface area contributed by atoms with Gasteiger partial charge in [-0.3, -0.25) is 0 Å². The number of methoxy groups -OCH3 is 1. The fraction of sp³-hybridized carbons (Fsp3) is 0.700. The molecule has 0 amide bonds. The van der Waals surface area contributed by atoms with E-state index in [0.717, 1.165) is 7.11 Å². The third-order valence-corrected chi connectivity index (χ3v) is 7.95. The predicted molar refractivity (Wildman–Crippen MR) is 115 cm³/mol. The summed E-state index contributed by atoms with van der Waals surface area (Å²) in [6.07, 6.45) is -6.18. The van der Waals surface area contributed by atoms with Crippen LogP contribution in [0.2, 0.25) is 0 Å². The van der Waals surface area contributed by atoms with Gasteiger partial charge in [0.05, 0.1) is 17.6 Å². The number of hydrogen-bond acceptors (Lipinski definition) is 4. The Bertz CT molecular complexity index is 943. The molecule has 1 saturated carbocycles. The van der Waals surface area contributed by atoms with E-state index in [1.165, 1.54) is 0 Å². The van der Waals surface area contributed by atoms with Crippen molar-refractivity contribution in [1.29, 1.82) is 0 Å². The normalized spacial score (nSPS) is 18.6. The molecule has 0 bridgehead atoms. The Labute approximate surface area is 202 Å². The van der Waals surface area contributed by atoms with Gasteiger partial charge in [-0.1, -0.05) is 0 Å². The van der Waals surface area contributed by atoms with E-state index >= 15 is 0 Å². The van der Waals surface area contributed by atoms with Crippen LogP contribution in [0.3, 0.4) is 0 Å². The van der Waals surface area contributed by atoms with Gasteiger partial charge >= 0.3 is 6.18 Å². The molecular weight excluding hydrogens is 561 g/mol. The Morgan fingerprint density at radius 2 is 1.76 bits per heavy atom. The van der Waals surface area contributed by atoms with Crippen LogP contribution in [0.25, 0.3) is 0 Å². The number of halogens is 8. The number of alkyl halides is 7. The Balaban J connectivity index is 2.23. The van der Waals surface area contributed by atoms with Crippen molar-refractivity contribution >= 4 is 26.0 Å². The summed E-state index contributed by atoms with van der Waals surface area (Å²) in [6.45, 7) is 0.549. The van der Waals surface area contributed by atoms with E-state index in [-0.39, 0.29) is 44.7 Å². The van der Waals surface area contributed by atoms with Gasteiger partial charge in [-0.15, -0.1) is 0 Å². The van der Waals surface area contributed by atoms with Crippen molar-refractivity contribution < 1.29 is 43.9 Å². The molecule has 1 aliphatic carbocycles. The number of sulfonamides is 1. The maximum Gasteiger partial charge on any atom is 0.420 e. The molecule has 34 heavy (non-hydrogen) atoms. The van der Waals surface area contributed by atoms with Crippen LogP contribution in [0.5, 0.6) is 5.75 Å². The molecule has 0 heterocycles. The van der Waals surface area contributed by atoms with E-state index in [4.69, 9.17) is 4.74 Å². The maximum absolute atomic E-state index is 13.4. The zero-order valence-electron chi connectivity index (χ0n) is 18.4. The van der Waals surface area contributed by atoms with Crippen LogP contribution in [0.4, 0.5) is 30.7 Å². The zero-order chi connectivity index (χ0) is 25.9. The van der Waals surface area contributed by atoms with E-state index in [1.807, 2.05) is 0 Å². The Morgan fingerprint density at radius 3 is 2.26 bits per heavy atom. The SMILES string of the molecule is COc1cc(S(=O)(=O)N[C@H](CCC(C)(F)F)CNC2CCC(F)(F)CC2)c(Br)cc1C(F)(F)F. The highest BCUT2D eigenvalue weighted by atomic mass is 79.9. The summed E-state index contributed by atoms with van der Waals surface area (Å²) in [5.41, 5.74) is -1.20. The van der Waals surface area contributed by atoms with E-state index in [2.05, 4.69) is 26.0 Å². The van der Waals surface area contributed by atoms with Gasteiger partial charge in [0, 0.05) is 48.4 Å². The molecule has 14 heteroatoms. The number of hydrogen-bond donors (Lipinski definition) is 2. The topological polar surface area (TPSA) is 67.4 Å². The highest BCUT2D eigenvalue weighted by Crippen LogP contribution is 2.40. The van der Waals surface area contributed by atoms with Crippen molar-refractivity contribution in [3.63, 3.8) is 0 Å². The molecule has 196 valence electrons. The highest BCUT2D eigenvalue weighted by Gasteiger charge is 2.37. The monoisotopic (exact) mass is 586 g/mol. The van der Waals surface area contributed by atoms with Crippen LogP contribution in [0.15, 0.2) is 21.5 Å². The molecule has 2 rings (SSSR count). The fourth-order valence-corrected chi connectivity index (χ4v) is 5.93.